The van der Waals surface area contributed by atoms with Gasteiger partial charge in [0.2, 0.25) is 0 Å². The molecular weight excluding hydrogens is 208 g/mol. The number of nitrogens with two attached hydrogens (primary N) is 1. The molecule has 0 radical (unpaired) electrons. The van der Waals surface area contributed by atoms with Crippen molar-refractivity contribution in [2.24, 2.45) is 0 Å². The van der Waals surface area contributed by atoms with E-state index in [0.29, 0.717) is 11.4 Å². The lowest BCUT2D eigenvalue weighted by Gasteiger charge is -2.03. The average Bonchev–Trinajstić information content (AvgIpc) is 1.97. The number of aryl methyl sites for hydroxylation is 1. The minimum Gasteiger partial charge on any atom is -0.397 e. The number of aromatic nitrogens is 1. The van der Waals surface area contributed by atoms with Gasteiger partial charge in [0, 0.05) is 4.47 Å². The number of halogens is 1. The van der Waals surface area contributed by atoms with Gasteiger partial charge >= 0.3 is 0 Å². The van der Waals surface area contributed by atoms with Crippen LogP contribution in [-0.4, -0.2) is 10.1 Å². The van der Waals surface area contributed by atoms with Gasteiger partial charge in [-0.1, -0.05) is 0 Å². The van der Waals surface area contributed by atoms with Crippen molar-refractivity contribution < 1.29 is 5.11 Å². The quantitative estimate of drug-likeness (QED) is 0.743. The van der Waals surface area contributed by atoms with Crippen LogP contribution in [0.4, 0.5) is 5.69 Å². The van der Waals surface area contributed by atoms with Crippen LogP contribution in [0.5, 0.6) is 0 Å². The van der Waals surface area contributed by atoms with Crippen LogP contribution in [0.1, 0.15) is 11.4 Å². The summed E-state index contributed by atoms with van der Waals surface area (Å²) in [4.78, 5) is 4.07. The van der Waals surface area contributed by atoms with Crippen molar-refractivity contribution in [3.8, 4) is 0 Å². The number of nitrogen functional groups attached to an aromatic ring is 1. The van der Waals surface area contributed by atoms with Gasteiger partial charge in [-0.2, -0.15) is 0 Å². The molecule has 0 spiro atoms. The first-order valence-electron chi connectivity index (χ1n) is 3.17. The Bertz CT molecular complexity index is 275. The zero-order valence-electron chi connectivity index (χ0n) is 6.13. The lowest BCUT2D eigenvalue weighted by atomic mass is 10.3. The molecule has 0 saturated carbocycles. The predicted molar refractivity (Wildman–Crippen MR) is 47.0 cm³/mol. The number of aliphatic hydroxyl groups excluding tert-OH is 1. The Balaban J connectivity index is 3.21. The molecule has 0 unspecified atom stereocenters. The van der Waals surface area contributed by atoms with E-state index in [0.717, 1.165) is 10.2 Å². The molecule has 0 bridgehead atoms. The Labute approximate surface area is 73.4 Å². The molecule has 4 heteroatoms. The lowest BCUT2D eigenvalue weighted by Crippen LogP contribution is -1.99. The maximum absolute atomic E-state index is 8.78. The van der Waals surface area contributed by atoms with E-state index in [-0.39, 0.29) is 6.61 Å². The maximum atomic E-state index is 8.78. The van der Waals surface area contributed by atoms with Crippen LogP contribution in [-0.2, 0) is 6.61 Å². The Morgan fingerprint density at radius 1 is 1.73 bits per heavy atom. The van der Waals surface area contributed by atoms with E-state index in [1.165, 1.54) is 0 Å². The molecule has 11 heavy (non-hydrogen) atoms. The normalized spacial score (nSPS) is 10.1. The van der Waals surface area contributed by atoms with Gasteiger partial charge in [-0.3, -0.25) is 4.98 Å². The summed E-state index contributed by atoms with van der Waals surface area (Å²) in [5.41, 5.74) is 7.44. The SMILES string of the molecule is Cc1nc(CO)c(N)cc1Br. The number of pyridine rings is 1. The number of hydrogen-bond donors (Lipinski definition) is 2. The fourth-order valence-corrected chi connectivity index (χ4v) is 1.11. The van der Waals surface area contributed by atoms with Crippen LogP contribution < -0.4 is 5.73 Å². The van der Waals surface area contributed by atoms with Gasteiger partial charge in [0.05, 0.1) is 23.7 Å². The average molecular weight is 217 g/mol. The van der Waals surface area contributed by atoms with Crippen molar-refractivity contribution in [1.82, 2.24) is 4.98 Å². The molecule has 1 aromatic rings. The van der Waals surface area contributed by atoms with Crippen molar-refractivity contribution in [3.05, 3.63) is 21.9 Å². The lowest BCUT2D eigenvalue weighted by molar-refractivity contribution is 0.277. The topological polar surface area (TPSA) is 59.1 Å². The molecule has 3 nitrogen and oxygen atoms in total. The summed E-state index contributed by atoms with van der Waals surface area (Å²) in [6, 6.07) is 1.74. The third-order valence-electron chi connectivity index (χ3n) is 1.41. The number of hydrogen-bond acceptors (Lipinski definition) is 3. The van der Waals surface area contributed by atoms with Crippen molar-refractivity contribution in [3.63, 3.8) is 0 Å². The van der Waals surface area contributed by atoms with Crippen LogP contribution in [0.3, 0.4) is 0 Å². The van der Waals surface area contributed by atoms with Crippen LogP contribution in [0.25, 0.3) is 0 Å². The van der Waals surface area contributed by atoms with E-state index in [9.17, 15) is 0 Å². The smallest absolute Gasteiger partial charge is 0.0890 e. The minimum atomic E-state index is -0.111. The molecule has 0 aliphatic rings. The highest BCUT2D eigenvalue weighted by molar-refractivity contribution is 9.10. The van der Waals surface area contributed by atoms with Gasteiger partial charge in [0.1, 0.15) is 0 Å². The second-order valence-corrected chi connectivity index (χ2v) is 3.10. The molecule has 0 fully saturated rings. The van der Waals surface area contributed by atoms with E-state index < -0.39 is 0 Å². The van der Waals surface area contributed by atoms with Gasteiger partial charge in [0.15, 0.2) is 0 Å². The first-order valence-corrected chi connectivity index (χ1v) is 3.97. The number of aliphatic hydroxyl groups is 1. The van der Waals surface area contributed by atoms with E-state index in [1.54, 1.807) is 6.07 Å². The van der Waals surface area contributed by atoms with Crippen molar-refractivity contribution >= 4 is 21.6 Å². The Morgan fingerprint density at radius 3 is 2.91 bits per heavy atom. The molecule has 3 N–H and O–H groups in total. The molecule has 1 rings (SSSR count). The zero-order valence-corrected chi connectivity index (χ0v) is 7.72. The highest BCUT2D eigenvalue weighted by atomic mass is 79.9. The van der Waals surface area contributed by atoms with Crippen molar-refractivity contribution in [2.45, 2.75) is 13.5 Å². The van der Waals surface area contributed by atoms with E-state index in [4.69, 9.17) is 10.8 Å². The molecular formula is C7H9BrN2O. The summed E-state index contributed by atoms with van der Waals surface area (Å²) < 4.78 is 0.868. The molecule has 0 amide bonds. The van der Waals surface area contributed by atoms with Crippen LogP contribution >= 0.6 is 15.9 Å². The van der Waals surface area contributed by atoms with E-state index >= 15 is 0 Å². The summed E-state index contributed by atoms with van der Waals surface area (Å²) in [5.74, 6) is 0. The fraction of sp³-hybridized carbons (Fsp3) is 0.286. The first kappa shape index (κ1) is 8.49. The molecule has 0 aromatic carbocycles. The monoisotopic (exact) mass is 216 g/mol. The summed E-state index contributed by atoms with van der Waals surface area (Å²) in [7, 11) is 0. The molecule has 0 aliphatic carbocycles. The first-order chi connectivity index (χ1) is 5.15. The third-order valence-corrected chi connectivity index (χ3v) is 2.22. The summed E-state index contributed by atoms with van der Waals surface area (Å²) >= 11 is 3.29. The van der Waals surface area contributed by atoms with E-state index in [2.05, 4.69) is 20.9 Å². The number of nitrogens with zero attached hydrogens (tertiary/aromatic N) is 1. The largest absolute Gasteiger partial charge is 0.397 e. The van der Waals surface area contributed by atoms with Crippen LogP contribution in [0.15, 0.2) is 10.5 Å². The maximum Gasteiger partial charge on any atom is 0.0890 e. The van der Waals surface area contributed by atoms with Crippen molar-refractivity contribution in [1.29, 1.82) is 0 Å². The second kappa shape index (κ2) is 3.19. The molecule has 0 aliphatic heterocycles. The molecule has 60 valence electrons. The second-order valence-electron chi connectivity index (χ2n) is 2.25. The highest BCUT2D eigenvalue weighted by Crippen LogP contribution is 2.19. The van der Waals surface area contributed by atoms with Gasteiger partial charge in [-0.05, 0) is 28.9 Å². The fourth-order valence-electron chi connectivity index (χ4n) is 0.771. The van der Waals surface area contributed by atoms with Crippen molar-refractivity contribution in [2.75, 3.05) is 5.73 Å². The highest BCUT2D eigenvalue weighted by Gasteiger charge is 2.02. The Kier molecular flexibility index (Phi) is 2.46. The Hall–Kier alpha value is -0.610. The van der Waals surface area contributed by atoms with Gasteiger partial charge in [0.25, 0.3) is 0 Å². The van der Waals surface area contributed by atoms with Gasteiger partial charge in [-0.25, -0.2) is 0 Å². The van der Waals surface area contributed by atoms with E-state index in [1.807, 2.05) is 6.92 Å². The molecule has 0 atom stereocenters. The predicted octanol–water partition coefficient (Wildman–Crippen LogP) is 1.23. The standard InChI is InChI=1S/C7H9BrN2O/c1-4-5(8)2-6(9)7(3-11)10-4/h2,11H,3,9H2,1H3. The van der Waals surface area contributed by atoms with Crippen LogP contribution in [0.2, 0.25) is 0 Å². The zero-order chi connectivity index (χ0) is 8.43. The summed E-state index contributed by atoms with van der Waals surface area (Å²) in [6.07, 6.45) is 0. The van der Waals surface area contributed by atoms with Crippen LogP contribution in [0, 0.1) is 6.92 Å². The molecule has 0 saturated heterocycles. The molecule has 1 aromatic heterocycles. The summed E-state index contributed by atoms with van der Waals surface area (Å²) in [5, 5.41) is 8.78. The number of rotatable bonds is 1. The molecule has 1 heterocycles. The van der Waals surface area contributed by atoms with Gasteiger partial charge < -0.3 is 10.8 Å². The number of anilines is 1. The third kappa shape index (κ3) is 1.70. The Morgan fingerprint density at radius 2 is 2.36 bits per heavy atom. The minimum absolute atomic E-state index is 0.111. The summed E-state index contributed by atoms with van der Waals surface area (Å²) in [6.45, 7) is 1.74. The van der Waals surface area contributed by atoms with Gasteiger partial charge in [-0.15, -0.1) is 0 Å².